The molecule has 0 aromatic heterocycles. The molecule has 5 nitrogen and oxygen atoms in total. The Bertz CT molecular complexity index is 580. The van der Waals surface area contributed by atoms with Crippen LogP contribution < -0.4 is 10.1 Å². The fourth-order valence-electron chi connectivity index (χ4n) is 2.36. The topological polar surface area (TPSA) is 61.8 Å². The lowest BCUT2D eigenvalue weighted by atomic mass is 10.1. The number of urea groups is 1. The molecule has 1 aliphatic heterocycles. The summed E-state index contributed by atoms with van der Waals surface area (Å²) in [5.74, 6) is -1.14. The predicted molar refractivity (Wildman–Crippen MR) is 72.5 cm³/mol. The molecular formula is C14H16F4N2O3. The van der Waals surface area contributed by atoms with Gasteiger partial charge in [-0.2, -0.15) is 13.2 Å². The van der Waals surface area contributed by atoms with Gasteiger partial charge in [-0.15, -0.1) is 0 Å². The molecule has 1 aliphatic rings. The Morgan fingerprint density at radius 3 is 2.65 bits per heavy atom. The van der Waals surface area contributed by atoms with Crippen LogP contribution in [0.5, 0.6) is 5.75 Å². The number of hydrogen-bond donors (Lipinski definition) is 2. The molecule has 0 bridgehead atoms. The highest BCUT2D eigenvalue weighted by molar-refractivity contribution is 5.75. The molecular weight excluding hydrogens is 320 g/mol. The number of carbonyl (C=O) groups is 1. The average Bonchev–Trinajstić information content (AvgIpc) is 2.90. The Morgan fingerprint density at radius 1 is 1.48 bits per heavy atom. The molecule has 2 N–H and O–H groups in total. The molecule has 0 aliphatic carbocycles. The van der Waals surface area contributed by atoms with Gasteiger partial charge in [-0.05, 0) is 24.1 Å². The van der Waals surface area contributed by atoms with Gasteiger partial charge in [-0.1, -0.05) is 6.07 Å². The highest BCUT2D eigenvalue weighted by atomic mass is 19.4. The summed E-state index contributed by atoms with van der Waals surface area (Å²) < 4.78 is 57.9. The minimum atomic E-state index is -4.80. The van der Waals surface area contributed by atoms with Crippen LogP contribution in [0.1, 0.15) is 18.0 Å². The zero-order valence-electron chi connectivity index (χ0n) is 12.2. The fourth-order valence-corrected chi connectivity index (χ4v) is 2.36. The van der Waals surface area contributed by atoms with Crippen molar-refractivity contribution in [2.75, 3.05) is 20.2 Å². The molecule has 0 spiro atoms. The summed E-state index contributed by atoms with van der Waals surface area (Å²) in [6.45, 7) is 0.127. The lowest BCUT2D eigenvalue weighted by Crippen LogP contribution is -2.45. The van der Waals surface area contributed by atoms with E-state index in [1.165, 1.54) is 7.11 Å². The molecule has 2 atom stereocenters. The van der Waals surface area contributed by atoms with E-state index >= 15 is 0 Å². The van der Waals surface area contributed by atoms with Gasteiger partial charge in [0.2, 0.25) is 0 Å². The van der Waals surface area contributed by atoms with Crippen LogP contribution in [0.2, 0.25) is 0 Å². The van der Waals surface area contributed by atoms with E-state index in [1.54, 1.807) is 0 Å². The number of halogens is 4. The second-order valence-corrected chi connectivity index (χ2v) is 5.21. The van der Waals surface area contributed by atoms with Gasteiger partial charge >= 0.3 is 12.2 Å². The first-order chi connectivity index (χ1) is 10.7. The van der Waals surface area contributed by atoms with Crippen LogP contribution in [0.25, 0.3) is 0 Å². The summed E-state index contributed by atoms with van der Waals surface area (Å²) in [5.41, 5.74) is -0.441. The minimum Gasteiger partial charge on any atom is -0.494 e. The number of carbonyl (C=O) groups excluding carboxylic acids is 1. The van der Waals surface area contributed by atoms with Gasteiger partial charge in [0, 0.05) is 13.1 Å². The molecule has 1 heterocycles. The summed E-state index contributed by atoms with van der Waals surface area (Å²) >= 11 is 0. The first-order valence-electron chi connectivity index (χ1n) is 6.86. The fraction of sp³-hybridized carbons (Fsp3) is 0.500. The van der Waals surface area contributed by atoms with E-state index in [1.807, 2.05) is 5.32 Å². The zero-order chi connectivity index (χ0) is 17.2. The molecule has 0 saturated carbocycles. The number of rotatable bonds is 3. The van der Waals surface area contributed by atoms with Gasteiger partial charge in [0.25, 0.3) is 0 Å². The van der Waals surface area contributed by atoms with E-state index in [-0.39, 0.29) is 18.8 Å². The van der Waals surface area contributed by atoms with Crippen molar-refractivity contribution >= 4 is 6.03 Å². The highest BCUT2D eigenvalue weighted by Crippen LogP contribution is 2.34. The number of hydrogen-bond acceptors (Lipinski definition) is 3. The highest BCUT2D eigenvalue weighted by Gasteiger charge is 2.43. The Hall–Kier alpha value is -2.03. The number of nitrogens with zero attached hydrogens (tertiary/aromatic N) is 1. The molecule has 128 valence electrons. The van der Waals surface area contributed by atoms with Crippen molar-refractivity contribution in [3.63, 3.8) is 0 Å². The number of amides is 2. The summed E-state index contributed by atoms with van der Waals surface area (Å²) in [5, 5.41) is 11.2. The molecule has 2 rings (SSSR count). The van der Waals surface area contributed by atoms with Gasteiger partial charge < -0.3 is 20.1 Å². The Balaban J connectivity index is 2.21. The molecule has 2 amide bonds. The monoisotopic (exact) mass is 336 g/mol. The Labute approximate surface area is 129 Å². The number of aliphatic hydroxyl groups excluding tert-OH is 1. The van der Waals surface area contributed by atoms with E-state index in [9.17, 15) is 27.5 Å². The summed E-state index contributed by atoms with van der Waals surface area (Å²) in [6, 6.07) is -0.530. The zero-order valence-corrected chi connectivity index (χ0v) is 12.2. The lowest BCUT2D eigenvalue weighted by molar-refractivity contribution is -0.155. The van der Waals surface area contributed by atoms with Crippen LogP contribution >= 0.6 is 0 Å². The lowest BCUT2D eigenvalue weighted by Gasteiger charge is -2.25. The number of nitrogens with one attached hydrogen (secondary N) is 1. The van der Waals surface area contributed by atoms with Crippen LogP contribution in [-0.4, -0.2) is 48.5 Å². The van der Waals surface area contributed by atoms with E-state index in [2.05, 4.69) is 4.74 Å². The summed E-state index contributed by atoms with van der Waals surface area (Å²) in [4.78, 5) is 13.0. The molecule has 9 heteroatoms. The van der Waals surface area contributed by atoms with Crippen molar-refractivity contribution in [1.29, 1.82) is 0 Å². The van der Waals surface area contributed by atoms with Gasteiger partial charge in [0.1, 0.15) is 0 Å². The number of likely N-dealkylation sites (tertiary alicyclic amines) is 1. The van der Waals surface area contributed by atoms with Crippen molar-refractivity contribution in [1.82, 2.24) is 10.2 Å². The van der Waals surface area contributed by atoms with Gasteiger partial charge in [-0.3, -0.25) is 0 Å². The molecule has 0 unspecified atom stereocenters. The van der Waals surface area contributed by atoms with Crippen molar-refractivity contribution in [3.05, 3.63) is 29.6 Å². The van der Waals surface area contributed by atoms with E-state index < -0.39 is 35.7 Å². The van der Waals surface area contributed by atoms with Gasteiger partial charge in [-0.25, -0.2) is 9.18 Å². The van der Waals surface area contributed by atoms with Crippen LogP contribution in [0, 0.1) is 5.82 Å². The van der Waals surface area contributed by atoms with Crippen LogP contribution in [-0.2, 0) is 0 Å². The number of methoxy groups -OCH3 is 1. The second kappa shape index (κ2) is 6.61. The van der Waals surface area contributed by atoms with E-state index in [4.69, 9.17) is 0 Å². The minimum absolute atomic E-state index is 0.0343. The third-order valence-corrected chi connectivity index (χ3v) is 3.55. The summed E-state index contributed by atoms with van der Waals surface area (Å²) in [6.07, 6.45) is -5.24. The molecule has 23 heavy (non-hydrogen) atoms. The number of alkyl halides is 3. The molecule has 1 fully saturated rings. The first-order valence-corrected chi connectivity index (χ1v) is 6.86. The average molecular weight is 336 g/mol. The normalized spacial score (nSPS) is 19.6. The molecule has 1 aromatic carbocycles. The third-order valence-electron chi connectivity index (χ3n) is 3.55. The standard InChI is InChI=1S/C14H16F4N2O3/c1-23-11-3-2-8(6-10(11)15)12(14(16,17)18)19-13(22)20-5-4-9(21)7-20/h2-3,6,9,12,21H,4-5,7H2,1H3,(H,19,22)/t9-,12+/m0/s1. The largest absolute Gasteiger partial charge is 0.494 e. The van der Waals surface area contributed by atoms with Crippen LogP contribution in [0.15, 0.2) is 18.2 Å². The Kier molecular flexibility index (Phi) is 4.98. The Morgan fingerprint density at radius 2 is 2.17 bits per heavy atom. The van der Waals surface area contributed by atoms with Gasteiger partial charge in [0.15, 0.2) is 17.6 Å². The quantitative estimate of drug-likeness (QED) is 0.832. The maximum Gasteiger partial charge on any atom is 0.412 e. The maximum atomic E-state index is 13.6. The first kappa shape index (κ1) is 17.3. The second-order valence-electron chi connectivity index (χ2n) is 5.21. The summed E-state index contributed by atoms with van der Waals surface area (Å²) in [7, 11) is 1.19. The number of aliphatic hydroxyl groups is 1. The number of ether oxygens (including phenoxy) is 1. The van der Waals surface area contributed by atoms with Gasteiger partial charge in [0.05, 0.1) is 13.2 Å². The SMILES string of the molecule is COc1ccc([C@@H](NC(=O)N2CC[C@H](O)C2)C(F)(F)F)cc1F. The predicted octanol–water partition coefficient (Wildman–Crippen LogP) is 2.21. The van der Waals surface area contributed by atoms with Crippen molar-refractivity contribution in [3.8, 4) is 5.75 Å². The molecule has 0 radical (unpaired) electrons. The van der Waals surface area contributed by atoms with Crippen molar-refractivity contribution in [2.45, 2.75) is 24.7 Å². The van der Waals surface area contributed by atoms with Crippen LogP contribution in [0.4, 0.5) is 22.4 Å². The molecule has 1 aromatic rings. The van der Waals surface area contributed by atoms with E-state index in [0.717, 1.165) is 17.0 Å². The van der Waals surface area contributed by atoms with Crippen LogP contribution in [0.3, 0.4) is 0 Å². The number of β-amino-alcohol motifs (C(OH)–C–C–N with tert-alkyl or cyclic N) is 1. The maximum absolute atomic E-state index is 13.6. The van der Waals surface area contributed by atoms with Crippen molar-refractivity contribution < 1.29 is 32.2 Å². The molecule has 1 saturated heterocycles. The van der Waals surface area contributed by atoms with Crippen molar-refractivity contribution in [2.24, 2.45) is 0 Å². The third kappa shape index (κ3) is 4.04. The number of benzene rings is 1. The smallest absolute Gasteiger partial charge is 0.412 e. The van der Waals surface area contributed by atoms with E-state index in [0.29, 0.717) is 12.5 Å².